The number of benzene rings is 1. The van der Waals surface area contributed by atoms with Crippen LogP contribution in [0.3, 0.4) is 0 Å². The maximum Gasteiger partial charge on any atom is 0.234 e. The second-order valence-corrected chi connectivity index (χ2v) is 7.66. The number of nitrogens with one attached hydrogen (secondary N) is 1. The summed E-state index contributed by atoms with van der Waals surface area (Å²) in [6.45, 7) is 2.27. The molecule has 7 heteroatoms. The van der Waals surface area contributed by atoms with Crippen LogP contribution >= 0.6 is 0 Å². The highest BCUT2D eigenvalue weighted by Gasteiger charge is 2.29. The van der Waals surface area contributed by atoms with Crippen molar-refractivity contribution in [3.63, 3.8) is 0 Å². The third kappa shape index (κ3) is 6.70. The van der Waals surface area contributed by atoms with Crippen molar-refractivity contribution in [1.82, 2.24) is 9.62 Å². The number of ether oxygens (including phenoxy) is 2. The van der Waals surface area contributed by atoms with Crippen molar-refractivity contribution in [2.45, 2.75) is 18.6 Å². The molecule has 0 unspecified atom stereocenters. The summed E-state index contributed by atoms with van der Waals surface area (Å²) in [4.78, 5) is 2.03. The minimum absolute atomic E-state index is 0.168. The molecule has 1 saturated heterocycles. The Labute approximate surface area is 144 Å². The average Bonchev–Trinajstić information content (AvgIpc) is 2.55. The van der Waals surface area contributed by atoms with Crippen LogP contribution in [0.1, 0.15) is 12.0 Å². The normalized spacial score (nSPS) is 22.3. The van der Waals surface area contributed by atoms with E-state index in [1.807, 2.05) is 49.3 Å². The standard InChI is InChI=1S/C17H26N2O4S/c1-19(2)10-12-23-17-8-11-22-14-16(17)18-24(20,21)13-9-15-6-4-3-5-7-15/h3-7,9,13,16-18H,8,10-12,14H2,1-2H3/b13-9+/t16-,17+/m1/s1. The Balaban J connectivity index is 1.93. The third-order valence-corrected chi connectivity index (χ3v) is 4.84. The molecule has 1 fully saturated rings. The maximum absolute atomic E-state index is 12.3. The van der Waals surface area contributed by atoms with E-state index in [2.05, 4.69) is 4.72 Å². The van der Waals surface area contributed by atoms with Crippen LogP contribution in [0.4, 0.5) is 0 Å². The fraction of sp³-hybridized carbons (Fsp3) is 0.529. The topological polar surface area (TPSA) is 67.9 Å². The Morgan fingerprint density at radius 1 is 1.33 bits per heavy atom. The predicted octanol–water partition coefficient (Wildman–Crippen LogP) is 1.31. The number of nitrogens with zero attached hydrogens (tertiary/aromatic N) is 1. The first kappa shape index (κ1) is 19.1. The summed E-state index contributed by atoms with van der Waals surface area (Å²) in [6.07, 6.45) is 2.09. The van der Waals surface area contributed by atoms with Crippen LogP contribution < -0.4 is 4.72 Å². The molecule has 24 heavy (non-hydrogen) atoms. The van der Waals surface area contributed by atoms with Crippen LogP contribution in [-0.2, 0) is 19.5 Å². The van der Waals surface area contributed by atoms with Gasteiger partial charge in [0.25, 0.3) is 0 Å². The molecule has 0 radical (unpaired) electrons. The van der Waals surface area contributed by atoms with Crippen LogP contribution in [0.5, 0.6) is 0 Å². The first-order valence-corrected chi connectivity index (χ1v) is 9.60. The number of sulfonamides is 1. The maximum atomic E-state index is 12.3. The van der Waals surface area contributed by atoms with E-state index in [0.717, 1.165) is 12.1 Å². The second-order valence-electron chi connectivity index (χ2n) is 6.06. The summed E-state index contributed by atoms with van der Waals surface area (Å²) in [5.41, 5.74) is 0.835. The van der Waals surface area contributed by atoms with Crippen molar-refractivity contribution in [3.8, 4) is 0 Å². The van der Waals surface area contributed by atoms with Crippen LogP contribution in [0.25, 0.3) is 6.08 Å². The molecule has 6 nitrogen and oxygen atoms in total. The highest BCUT2D eigenvalue weighted by Crippen LogP contribution is 2.14. The molecule has 0 bridgehead atoms. The Kier molecular flexibility index (Phi) is 7.39. The summed E-state index contributed by atoms with van der Waals surface area (Å²) in [6, 6.07) is 8.95. The van der Waals surface area contributed by atoms with Gasteiger partial charge in [-0.15, -0.1) is 0 Å². The summed E-state index contributed by atoms with van der Waals surface area (Å²) < 4.78 is 38.5. The first-order chi connectivity index (χ1) is 11.5. The lowest BCUT2D eigenvalue weighted by atomic mass is 10.1. The van der Waals surface area contributed by atoms with Crippen molar-refractivity contribution in [1.29, 1.82) is 0 Å². The number of hydrogen-bond acceptors (Lipinski definition) is 5. The molecule has 1 N–H and O–H groups in total. The number of hydrogen-bond donors (Lipinski definition) is 1. The van der Waals surface area contributed by atoms with E-state index in [1.54, 1.807) is 6.08 Å². The molecular weight excluding hydrogens is 328 g/mol. The van der Waals surface area contributed by atoms with Crippen LogP contribution in [0.15, 0.2) is 35.7 Å². The highest BCUT2D eigenvalue weighted by atomic mass is 32.2. The summed E-state index contributed by atoms with van der Waals surface area (Å²) >= 11 is 0. The molecule has 0 spiro atoms. The van der Waals surface area contributed by atoms with Gasteiger partial charge in [0.2, 0.25) is 10.0 Å². The van der Waals surface area contributed by atoms with Crippen molar-refractivity contribution < 1.29 is 17.9 Å². The monoisotopic (exact) mass is 354 g/mol. The molecule has 0 amide bonds. The Morgan fingerprint density at radius 3 is 2.79 bits per heavy atom. The van der Waals surface area contributed by atoms with Gasteiger partial charge in [0.05, 0.1) is 25.4 Å². The molecule has 1 aliphatic heterocycles. The van der Waals surface area contributed by atoms with Gasteiger partial charge in [0, 0.05) is 18.6 Å². The van der Waals surface area contributed by atoms with Gasteiger partial charge < -0.3 is 14.4 Å². The zero-order chi connectivity index (χ0) is 17.4. The van der Waals surface area contributed by atoms with Crippen LogP contribution in [0, 0.1) is 0 Å². The molecule has 0 aromatic heterocycles. The van der Waals surface area contributed by atoms with Crippen molar-refractivity contribution in [2.75, 3.05) is 40.5 Å². The van der Waals surface area contributed by atoms with Crippen LogP contribution in [-0.4, -0.2) is 65.9 Å². The summed E-state index contributed by atoms with van der Waals surface area (Å²) in [7, 11) is 0.394. The molecule has 2 rings (SSSR count). The Morgan fingerprint density at radius 2 is 2.08 bits per heavy atom. The van der Waals surface area contributed by atoms with E-state index in [9.17, 15) is 8.42 Å². The first-order valence-electron chi connectivity index (χ1n) is 8.06. The lowest BCUT2D eigenvalue weighted by Gasteiger charge is -2.31. The molecule has 1 heterocycles. The predicted molar refractivity (Wildman–Crippen MR) is 95.0 cm³/mol. The lowest BCUT2D eigenvalue weighted by molar-refractivity contribution is -0.0527. The van der Waals surface area contributed by atoms with Gasteiger partial charge in [0.15, 0.2) is 0 Å². The molecular formula is C17H26N2O4S. The summed E-state index contributed by atoms with van der Waals surface area (Å²) in [5.74, 6) is 0. The van der Waals surface area contributed by atoms with Gasteiger partial charge in [-0.25, -0.2) is 13.1 Å². The number of rotatable bonds is 8. The Hall–Kier alpha value is -1.25. The number of likely N-dealkylation sites (N-methyl/N-ethyl adjacent to an activating group) is 1. The molecule has 134 valence electrons. The van der Waals surface area contributed by atoms with E-state index in [0.29, 0.717) is 26.2 Å². The zero-order valence-electron chi connectivity index (χ0n) is 14.2. The van der Waals surface area contributed by atoms with E-state index in [1.165, 1.54) is 5.41 Å². The van der Waals surface area contributed by atoms with Crippen molar-refractivity contribution in [3.05, 3.63) is 41.3 Å². The smallest absolute Gasteiger partial charge is 0.234 e. The zero-order valence-corrected chi connectivity index (χ0v) is 15.0. The van der Waals surface area contributed by atoms with Crippen molar-refractivity contribution >= 4 is 16.1 Å². The van der Waals surface area contributed by atoms with Gasteiger partial charge in [-0.3, -0.25) is 0 Å². The molecule has 0 saturated carbocycles. The minimum Gasteiger partial charge on any atom is -0.380 e. The summed E-state index contributed by atoms with van der Waals surface area (Å²) in [5, 5.41) is 1.19. The Bertz CT molecular complexity index is 617. The van der Waals surface area contributed by atoms with E-state index >= 15 is 0 Å². The van der Waals surface area contributed by atoms with E-state index in [4.69, 9.17) is 9.47 Å². The van der Waals surface area contributed by atoms with Gasteiger partial charge >= 0.3 is 0 Å². The minimum atomic E-state index is -3.55. The van der Waals surface area contributed by atoms with Gasteiger partial charge in [-0.2, -0.15) is 0 Å². The fourth-order valence-corrected chi connectivity index (χ4v) is 3.45. The highest BCUT2D eigenvalue weighted by molar-refractivity contribution is 7.92. The van der Waals surface area contributed by atoms with Gasteiger partial charge in [-0.05, 0) is 32.2 Å². The quantitative estimate of drug-likeness (QED) is 0.762. The second kappa shape index (κ2) is 9.29. The van der Waals surface area contributed by atoms with Crippen molar-refractivity contribution in [2.24, 2.45) is 0 Å². The van der Waals surface area contributed by atoms with Crippen LogP contribution in [0.2, 0.25) is 0 Å². The van der Waals surface area contributed by atoms with Gasteiger partial charge in [0.1, 0.15) is 0 Å². The molecule has 2 atom stereocenters. The molecule has 1 aliphatic rings. The SMILES string of the molecule is CN(C)CCO[C@H]1CCOC[C@H]1NS(=O)(=O)/C=C/c1ccccc1. The van der Waals surface area contributed by atoms with E-state index in [-0.39, 0.29) is 12.1 Å². The lowest BCUT2D eigenvalue weighted by Crippen LogP contribution is -2.50. The largest absolute Gasteiger partial charge is 0.380 e. The van der Waals surface area contributed by atoms with Gasteiger partial charge in [-0.1, -0.05) is 30.3 Å². The third-order valence-electron chi connectivity index (χ3n) is 3.72. The molecule has 1 aromatic carbocycles. The molecule has 0 aliphatic carbocycles. The fourth-order valence-electron chi connectivity index (χ4n) is 2.40. The van der Waals surface area contributed by atoms with E-state index < -0.39 is 10.0 Å². The molecule has 1 aromatic rings. The average molecular weight is 354 g/mol.